The molecule has 0 aliphatic heterocycles. The molecule has 3 aromatic carbocycles. The molecule has 0 bridgehead atoms. The Bertz CT molecular complexity index is 1370. The van der Waals surface area contributed by atoms with Gasteiger partial charge in [-0.05, 0) is 55.3 Å². The van der Waals surface area contributed by atoms with Crippen LogP contribution in [0.3, 0.4) is 0 Å². The number of hydrogen-bond acceptors (Lipinski definition) is 5. The monoisotopic (exact) mass is 453 g/mol. The van der Waals surface area contributed by atoms with Crippen LogP contribution in [0.15, 0.2) is 66.7 Å². The van der Waals surface area contributed by atoms with Crippen molar-refractivity contribution in [3.63, 3.8) is 0 Å². The number of pyridine rings is 1. The van der Waals surface area contributed by atoms with Gasteiger partial charge in [-0.3, -0.25) is 9.78 Å². The van der Waals surface area contributed by atoms with Crippen molar-refractivity contribution in [1.29, 1.82) is 0 Å². The van der Waals surface area contributed by atoms with Crippen LogP contribution in [-0.2, 0) is 0 Å². The normalized spacial score (nSPS) is 11.1. The Hall–Kier alpha value is -4.12. The van der Waals surface area contributed by atoms with Crippen LogP contribution in [0.1, 0.15) is 27.2 Å². The van der Waals surface area contributed by atoms with E-state index in [1.54, 1.807) is 45.6 Å². The minimum atomic E-state index is -0.124. The molecule has 0 spiro atoms. The van der Waals surface area contributed by atoms with Gasteiger partial charge in [0.1, 0.15) is 0 Å². The molecule has 0 saturated heterocycles. The predicted molar refractivity (Wildman–Crippen MR) is 136 cm³/mol. The van der Waals surface area contributed by atoms with Gasteiger partial charge in [0.15, 0.2) is 17.3 Å². The Morgan fingerprint density at radius 2 is 1.53 bits per heavy atom. The molecule has 172 valence electrons. The van der Waals surface area contributed by atoms with E-state index in [1.165, 1.54) is 0 Å². The highest BCUT2D eigenvalue weighted by atomic mass is 16.5. The number of rotatable bonds is 7. The Balaban J connectivity index is 1.85. The molecule has 0 atom stereocenters. The lowest BCUT2D eigenvalue weighted by atomic mass is 9.91. The Morgan fingerprint density at radius 3 is 2.15 bits per heavy atom. The molecule has 1 aromatic heterocycles. The maximum absolute atomic E-state index is 13.6. The fourth-order valence-electron chi connectivity index (χ4n) is 4.16. The molecule has 0 N–H and O–H groups in total. The lowest BCUT2D eigenvalue weighted by molar-refractivity contribution is 0.104. The number of benzene rings is 3. The quantitative estimate of drug-likeness (QED) is 0.238. The van der Waals surface area contributed by atoms with Crippen molar-refractivity contribution in [2.75, 3.05) is 21.3 Å². The molecule has 0 aliphatic carbocycles. The number of hydrogen-bond donors (Lipinski definition) is 0. The van der Waals surface area contributed by atoms with Crippen molar-refractivity contribution in [2.45, 2.75) is 13.8 Å². The molecule has 0 unspecified atom stereocenters. The molecular formula is C29H27NO4. The highest BCUT2D eigenvalue weighted by Gasteiger charge is 2.19. The van der Waals surface area contributed by atoms with Gasteiger partial charge in [-0.2, -0.15) is 0 Å². The van der Waals surface area contributed by atoms with Crippen molar-refractivity contribution >= 4 is 22.8 Å². The van der Waals surface area contributed by atoms with Gasteiger partial charge in [-0.25, -0.2) is 0 Å². The van der Waals surface area contributed by atoms with E-state index < -0.39 is 0 Å². The molecule has 0 saturated carbocycles. The largest absolute Gasteiger partial charge is 0.493 e. The van der Waals surface area contributed by atoms with E-state index in [1.807, 2.05) is 56.3 Å². The van der Waals surface area contributed by atoms with Crippen molar-refractivity contribution in [1.82, 2.24) is 4.98 Å². The maximum atomic E-state index is 13.6. The number of carbonyl (C=O) groups is 1. The van der Waals surface area contributed by atoms with E-state index in [0.717, 1.165) is 33.2 Å². The first-order chi connectivity index (χ1) is 16.5. The first kappa shape index (κ1) is 23.1. The van der Waals surface area contributed by atoms with Gasteiger partial charge in [-0.1, -0.05) is 48.0 Å². The van der Waals surface area contributed by atoms with E-state index in [0.29, 0.717) is 28.5 Å². The average molecular weight is 454 g/mol. The number of allylic oxidation sites excluding steroid dienone is 1. The molecule has 5 heteroatoms. The third-order valence-corrected chi connectivity index (χ3v) is 5.74. The number of ketones is 1. The predicted octanol–water partition coefficient (Wildman–Crippen LogP) is 6.44. The second-order valence-electron chi connectivity index (χ2n) is 7.99. The highest BCUT2D eigenvalue weighted by molar-refractivity contribution is 6.16. The van der Waals surface area contributed by atoms with E-state index in [4.69, 9.17) is 19.2 Å². The second kappa shape index (κ2) is 9.79. The summed E-state index contributed by atoms with van der Waals surface area (Å²) in [5, 5.41) is 0.960. The van der Waals surface area contributed by atoms with Gasteiger partial charge in [0.05, 0.1) is 32.4 Å². The fraction of sp³-hybridized carbons (Fsp3) is 0.172. The summed E-state index contributed by atoms with van der Waals surface area (Å²) in [4.78, 5) is 18.3. The van der Waals surface area contributed by atoms with Crippen molar-refractivity contribution < 1.29 is 19.0 Å². The Kier molecular flexibility index (Phi) is 6.64. The van der Waals surface area contributed by atoms with E-state index >= 15 is 0 Å². The number of nitrogens with zero attached hydrogens (tertiary/aromatic N) is 1. The summed E-state index contributed by atoms with van der Waals surface area (Å²) < 4.78 is 16.3. The molecule has 0 radical (unpaired) electrons. The maximum Gasteiger partial charge on any atom is 0.203 e. The summed E-state index contributed by atoms with van der Waals surface area (Å²) in [5.74, 6) is 1.43. The topological polar surface area (TPSA) is 57.7 Å². The van der Waals surface area contributed by atoms with Crippen molar-refractivity contribution in [2.24, 2.45) is 0 Å². The van der Waals surface area contributed by atoms with Gasteiger partial charge < -0.3 is 14.2 Å². The summed E-state index contributed by atoms with van der Waals surface area (Å²) >= 11 is 0. The summed E-state index contributed by atoms with van der Waals surface area (Å²) in [5.41, 5.74) is 5.89. The third kappa shape index (κ3) is 4.37. The van der Waals surface area contributed by atoms with Crippen LogP contribution in [0.5, 0.6) is 17.2 Å². The van der Waals surface area contributed by atoms with Crippen LogP contribution >= 0.6 is 0 Å². The Morgan fingerprint density at radius 1 is 0.853 bits per heavy atom. The van der Waals surface area contributed by atoms with E-state index in [9.17, 15) is 4.79 Å². The van der Waals surface area contributed by atoms with Crippen molar-refractivity contribution in [3.05, 3.63) is 89.1 Å². The lowest BCUT2D eigenvalue weighted by Crippen LogP contribution is -2.05. The molecule has 4 rings (SSSR count). The Labute approximate surface area is 199 Å². The zero-order valence-corrected chi connectivity index (χ0v) is 20.0. The number of fused-ring (bicyclic) bond motifs is 1. The van der Waals surface area contributed by atoms with Crippen LogP contribution in [0, 0.1) is 13.8 Å². The average Bonchev–Trinajstić information content (AvgIpc) is 2.86. The van der Waals surface area contributed by atoms with Gasteiger partial charge in [-0.15, -0.1) is 0 Å². The summed E-state index contributed by atoms with van der Waals surface area (Å²) in [6.07, 6.45) is 3.32. The van der Waals surface area contributed by atoms with Crippen LogP contribution < -0.4 is 14.2 Å². The molecule has 0 aliphatic rings. The highest BCUT2D eigenvalue weighted by Crippen LogP contribution is 2.39. The molecule has 0 fully saturated rings. The minimum Gasteiger partial charge on any atom is -0.493 e. The summed E-state index contributed by atoms with van der Waals surface area (Å²) in [6, 6.07) is 19.7. The first-order valence-electron chi connectivity index (χ1n) is 11.0. The zero-order valence-electron chi connectivity index (χ0n) is 20.0. The smallest absolute Gasteiger partial charge is 0.203 e. The molecule has 34 heavy (non-hydrogen) atoms. The standard InChI is InChI=1S/C29H27NO4/c1-18-11-13-23-22(15-18)28(21-9-7-6-8-10-21)27(19(2)30-23)24(31)14-12-20-16-25(32-3)29(34-5)26(17-20)33-4/h6-17H,1-5H3. The first-order valence-corrected chi connectivity index (χ1v) is 11.0. The van der Waals surface area contributed by atoms with Gasteiger partial charge in [0, 0.05) is 16.6 Å². The van der Waals surface area contributed by atoms with Crippen LogP contribution in [0.4, 0.5) is 0 Å². The number of carbonyl (C=O) groups excluding carboxylic acids is 1. The number of aromatic nitrogens is 1. The SMILES string of the molecule is COc1cc(C=CC(=O)c2c(C)nc3ccc(C)cc3c2-c2ccccc2)cc(OC)c1OC. The van der Waals surface area contributed by atoms with Gasteiger partial charge >= 0.3 is 0 Å². The van der Waals surface area contributed by atoms with Crippen LogP contribution in [0.25, 0.3) is 28.1 Å². The van der Waals surface area contributed by atoms with E-state index in [2.05, 4.69) is 6.07 Å². The third-order valence-electron chi connectivity index (χ3n) is 5.74. The minimum absolute atomic E-state index is 0.124. The molecule has 1 heterocycles. The van der Waals surface area contributed by atoms with Gasteiger partial charge in [0.25, 0.3) is 0 Å². The number of aryl methyl sites for hydroxylation is 2. The second-order valence-corrected chi connectivity index (χ2v) is 7.99. The van der Waals surface area contributed by atoms with Crippen LogP contribution in [0.2, 0.25) is 0 Å². The van der Waals surface area contributed by atoms with Gasteiger partial charge in [0.2, 0.25) is 5.75 Å². The molecule has 4 aromatic rings. The molecular weight excluding hydrogens is 426 g/mol. The fourth-order valence-corrected chi connectivity index (χ4v) is 4.16. The molecule has 5 nitrogen and oxygen atoms in total. The van der Waals surface area contributed by atoms with E-state index in [-0.39, 0.29) is 5.78 Å². The zero-order chi connectivity index (χ0) is 24.2. The summed E-state index contributed by atoms with van der Waals surface area (Å²) in [6.45, 7) is 3.92. The van der Waals surface area contributed by atoms with Crippen molar-refractivity contribution in [3.8, 4) is 28.4 Å². The number of ether oxygens (including phenoxy) is 3. The summed E-state index contributed by atoms with van der Waals surface area (Å²) in [7, 11) is 4.68. The lowest BCUT2D eigenvalue weighted by Gasteiger charge is -2.15. The molecule has 0 amide bonds. The van der Waals surface area contributed by atoms with Crippen LogP contribution in [-0.4, -0.2) is 32.1 Å². The number of methoxy groups -OCH3 is 3.